The zero-order chi connectivity index (χ0) is 13.8. The lowest BCUT2D eigenvalue weighted by Crippen LogP contribution is -2.20. The molecule has 1 nitrogen and oxygen atoms in total. The summed E-state index contributed by atoms with van der Waals surface area (Å²) in [6, 6.07) is 15.8. The minimum absolute atomic E-state index is 0.0133. The van der Waals surface area contributed by atoms with Crippen LogP contribution in [0.15, 0.2) is 53.4 Å². The van der Waals surface area contributed by atoms with Crippen LogP contribution in [0, 0.1) is 0 Å². The van der Waals surface area contributed by atoms with Gasteiger partial charge in [-0.2, -0.15) is 0 Å². The highest BCUT2D eigenvalue weighted by Crippen LogP contribution is 2.33. The molecule has 0 aliphatic heterocycles. The fraction of sp³-hybridized carbons (Fsp3) is 0.200. The Kier molecular flexibility index (Phi) is 5.17. The van der Waals surface area contributed by atoms with Gasteiger partial charge in [-0.1, -0.05) is 60.5 Å². The molecule has 0 saturated heterocycles. The molecule has 2 N–H and O–H groups in total. The molecule has 0 radical (unpaired) electrons. The van der Waals surface area contributed by atoms with Crippen molar-refractivity contribution in [2.24, 2.45) is 5.73 Å². The van der Waals surface area contributed by atoms with Crippen LogP contribution in [0.25, 0.3) is 0 Å². The summed E-state index contributed by atoms with van der Waals surface area (Å²) in [6.45, 7) is 2.12. The van der Waals surface area contributed by atoms with Gasteiger partial charge in [-0.15, -0.1) is 11.8 Å². The number of thioether (sulfide) groups is 1. The molecule has 0 aliphatic carbocycles. The van der Waals surface area contributed by atoms with Crippen molar-refractivity contribution in [2.45, 2.75) is 23.1 Å². The molecule has 2 aromatic rings. The monoisotopic (exact) mass is 311 g/mol. The third-order valence-electron chi connectivity index (χ3n) is 2.90. The molecular formula is C15H15Cl2NS. The van der Waals surface area contributed by atoms with Crippen LogP contribution in [0.4, 0.5) is 0 Å². The summed E-state index contributed by atoms with van der Waals surface area (Å²) in [5.41, 5.74) is 7.42. The van der Waals surface area contributed by atoms with Crippen LogP contribution in [-0.4, -0.2) is 5.25 Å². The Balaban J connectivity index is 2.08. The second kappa shape index (κ2) is 6.67. The van der Waals surface area contributed by atoms with Crippen molar-refractivity contribution in [2.75, 3.05) is 0 Å². The van der Waals surface area contributed by atoms with E-state index >= 15 is 0 Å². The van der Waals surface area contributed by atoms with Gasteiger partial charge in [-0.3, -0.25) is 0 Å². The van der Waals surface area contributed by atoms with Gasteiger partial charge >= 0.3 is 0 Å². The Bertz CT molecular complexity index is 545. The van der Waals surface area contributed by atoms with Crippen LogP contribution in [0.3, 0.4) is 0 Å². The second-order valence-corrected chi connectivity index (χ2v) is 6.60. The topological polar surface area (TPSA) is 26.0 Å². The summed E-state index contributed by atoms with van der Waals surface area (Å²) in [7, 11) is 0. The smallest absolute Gasteiger partial charge is 0.0603 e. The first kappa shape index (κ1) is 14.7. The van der Waals surface area contributed by atoms with E-state index in [-0.39, 0.29) is 11.3 Å². The van der Waals surface area contributed by atoms with E-state index in [1.165, 1.54) is 0 Å². The maximum Gasteiger partial charge on any atom is 0.0603 e. The normalized spacial score (nSPS) is 14.1. The van der Waals surface area contributed by atoms with Crippen LogP contribution in [-0.2, 0) is 0 Å². The maximum atomic E-state index is 6.27. The number of rotatable bonds is 4. The lowest BCUT2D eigenvalue weighted by atomic mass is 10.1. The predicted molar refractivity (Wildman–Crippen MR) is 85.2 cm³/mol. The third kappa shape index (κ3) is 3.90. The molecule has 0 heterocycles. The fourth-order valence-corrected chi connectivity index (χ4v) is 3.21. The largest absolute Gasteiger partial charge is 0.323 e. The van der Waals surface area contributed by atoms with Gasteiger partial charge in [0.1, 0.15) is 0 Å². The molecule has 0 fully saturated rings. The molecule has 2 unspecified atom stereocenters. The molecule has 0 bridgehead atoms. The van der Waals surface area contributed by atoms with E-state index in [1.54, 1.807) is 11.8 Å². The van der Waals surface area contributed by atoms with Crippen LogP contribution >= 0.6 is 35.0 Å². The Labute approximate surface area is 128 Å². The summed E-state index contributed by atoms with van der Waals surface area (Å²) >= 11 is 13.6. The molecular weight excluding hydrogens is 297 g/mol. The van der Waals surface area contributed by atoms with Gasteiger partial charge in [-0.25, -0.2) is 0 Å². The molecule has 0 aromatic heterocycles. The van der Waals surface area contributed by atoms with Crippen molar-refractivity contribution in [1.82, 2.24) is 0 Å². The van der Waals surface area contributed by atoms with Crippen molar-refractivity contribution >= 4 is 35.0 Å². The van der Waals surface area contributed by atoms with Crippen molar-refractivity contribution in [3.8, 4) is 0 Å². The van der Waals surface area contributed by atoms with Crippen molar-refractivity contribution in [3.63, 3.8) is 0 Å². The molecule has 0 aliphatic rings. The minimum Gasteiger partial charge on any atom is -0.323 e. The third-order valence-corrected chi connectivity index (χ3v) is 4.83. The molecule has 2 rings (SSSR count). The zero-order valence-corrected chi connectivity index (χ0v) is 12.8. The van der Waals surface area contributed by atoms with E-state index in [0.717, 1.165) is 10.5 Å². The first-order valence-corrected chi connectivity index (χ1v) is 7.63. The molecule has 4 heteroatoms. The summed E-state index contributed by atoms with van der Waals surface area (Å²) in [4.78, 5) is 1.08. The van der Waals surface area contributed by atoms with Crippen molar-refractivity contribution in [1.29, 1.82) is 0 Å². The highest BCUT2D eigenvalue weighted by Gasteiger charge is 2.16. The van der Waals surface area contributed by atoms with E-state index in [4.69, 9.17) is 28.9 Å². The Morgan fingerprint density at radius 2 is 1.68 bits per heavy atom. The molecule has 19 heavy (non-hydrogen) atoms. The van der Waals surface area contributed by atoms with Gasteiger partial charge in [0.05, 0.1) is 10.0 Å². The molecule has 0 amide bonds. The van der Waals surface area contributed by atoms with E-state index in [0.29, 0.717) is 10.0 Å². The number of halogens is 2. The van der Waals surface area contributed by atoms with E-state index in [2.05, 4.69) is 19.1 Å². The molecule has 2 atom stereocenters. The van der Waals surface area contributed by atoms with Crippen LogP contribution in [0.1, 0.15) is 18.5 Å². The minimum atomic E-state index is -0.0133. The van der Waals surface area contributed by atoms with Gasteiger partial charge in [0, 0.05) is 16.2 Å². The Morgan fingerprint density at radius 3 is 2.32 bits per heavy atom. The summed E-state index contributed by atoms with van der Waals surface area (Å²) in [6.07, 6.45) is 0. The van der Waals surface area contributed by atoms with Crippen LogP contribution < -0.4 is 5.73 Å². The zero-order valence-electron chi connectivity index (χ0n) is 10.5. The number of hydrogen-bond donors (Lipinski definition) is 1. The maximum absolute atomic E-state index is 6.27. The highest BCUT2D eigenvalue weighted by molar-refractivity contribution is 8.00. The molecule has 0 spiro atoms. The van der Waals surface area contributed by atoms with Crippen molar-refractivity contribution in [3.05, 3.63) is 64.1 Å². The van der Waals surface area contributed by atoms with Gasteiger partial charge < -0.3 is 5.73 Å². The average molecular weight is 312 g/mol. The van der Waals surface area contributed by atoms with E-state index in [9.17, 15) is 0 Å². The summed E-state index contributed by atoms with van der Waals surface area (Å²) in [5.74, 6) is 0. The number of benzene rings is 2. The summed E-state index contributed by atoms with van der Waals surface area (Å²) < 4.78 is 0. The highest BCUT2D eigenvalue weighted by atomic mass is 35.5. The molecule has 0 saturated carbocycles. The van der Waals surface area contributed by atoms with Crippen LogP contribution in [0.2, 0.25) is 10.0 Å². The van der Waals surface area contributed by atoms with E-state index < -0.39 is 0 Å². The average Bonchev–Trinajstić information content (AvgIpc) is 2.43. The first-order valence-electron chi connectivity index (χ1n) is 6.00. The first-order chi connectivity index (χ1) is 9.08. The lowest BCUT2D eigenvalue weighted by molar-refractivity contribution is 0.715. The van der Waals surface area contributed by atoms with Gasteiger partial charge in [0.2, 0.25) is 0 Å². The van der Waals surface area contributed by atoms with Gasteiger partial charge in [-0.05, 0) is 23.8 Å². The summed E-state index contributed by atoms with van der Waals surface area (Å²) in [5, 5.41) is 1.40. The Hall–Kier alpha value is -0.670. The van der Waals surface area contributed by atoms with Crippen molar-refractivity contribution < 1.29 is 0 Å². The quantitative estimate of drug-likeness (QED) is 0.788. The fourth-order valence-electron chi connectivity index (χ4n) is 1.78. The van der Waals surface area contributed by atoms with E-state index in [1.807, 2.05) is 36.4 Å². The number of hydrogen-bond acceptors (Lipinski definition) is 2. The molecule has 100 valence electrons. The van der Waals surface area contributed by atoms with Crippen LogP contribution in [0.5, 0.6) is 0 Å². The standard InChI is InChI=1S/C15H15Cl2NS/c1-10(15(18)11-5-3-2-4-6-11)19-12-7-8-13(16)14(17)9-12/h2-10,15H,18H2,1H3. The molecule has 2 aromatic carbocycles. The second-order valence-electron chi connectivity index (χ2n) is 4.34. The SMILES string of the molecule is CC(Sc1ccc(Cl)c(Cl)c1)C(N)c1ccccc1. The predicted octanol–water partition coefficient (Wildman–Crippen LogP) is 5.17. The lowest BCUT2D eigenvalue weighted by Gasteiger charge is -2.20. The number of nitrogens with two attached hydrogens (primary N) is 1. The van der Waals surface area contributed by atoms with Gasteiger partial charge in [0.25, 0.3) is 0 Å². The van der Waals surface area contributed by atoms with Gasteiger partial charge in [0.15, 0.2) is 0 Å². The Morgan fingerprint density at radius 1 is 1.00 bits per heavy atom.